The van der Waals surface area contributed by atoms with E-state index in [4.69, 9.17) is 15.0 Å². The van der Waals surface area contributed by atoms with Gasteiger partial charge in [0.15, 0.2) is 17.5 Å². The number of aromatic nitrogens is 5. The van der Waals surface area contributed by atoms with Gasteiger partial charge in [0.25, 0.3) is 0 Å². The minimum absolute atomic E-state index is 0.595. The third kappa shape index (κ3) is 7.44. The zero-order valence-corrected chi connectivity index (χ0v) is 40.5. The second-order valence-corrected chi connectivity index (χ2v) is 19.0. The van der Waals surface area contributed by atoms with Crippen LogP contribution < -0.4 is 0 Å². The van der Waals surface area contributed by atoms with E-state index in [2.05, 4.69) is 234 Å². The summed E-state index contributed by atoms with van der Waals surface area (Å²) < 4.78 is 4.98. The van der Waals surface area contributed by atoms with Crippen molar-refractivity contribution in [1.29, 1.82) is 0 Å². The first kappa shape index (κ1) is 43.1. The third-order valence-corrected chi connectivity index (χ3v) is 14.6. The minimum Gasteiger partial charge on any atom is -0.309 e. The molecule has 348 valence electrons. The molecule has 0 unspecified atom stereocenters. The minimum atomic E-state index is 0.595. The molecule has 0 bridgehead atoms. The van der Waals surface area contributed by atoms with Crippen LogP contribution in [-0.4, -0.2) is 24.1 Å². The Bertz CT molecular complexity index is 4250. The average Bonchev–Trinajstić information content (AvgIpc) is 4.01. The Kier molecular flexibility index (Phi) is 10.6. The first-order valence-corrected chi connectivity index (χ1v) is 25.4. The Labute approximate surface area is 429 Å². The number of fused-ring (bicyclic) bond motifs is 7. The highest BCUT2D eigenvalue weighted by Gasteiger charge is 2.26. The van der Waals surface area contributed by atoms with Crippen molar-refractivity contribution in [3.8, 4) is 78.9 Å². The van der Waals surface area contributed by atoms with Gasteiger partial charge in [0, 0.05) is 55.0 Å². The van der Waals surface area contributed by atoms with Gasteiger partial charge in [-0.25, -0.2) is 15.0 Å². The summed E-state index contributed by atoms with van der Waals surface area (Å²) in [6.45, 7) is 0. The van der Waals surface area contributed by atoms with Crippen molar-refractivity contribution < 1.29 is 0 Å². The van der Waals surface area contributed by atoms with Crippen LogP contribution in [-0.2, 0) is 0 Å². The van der Waals surface area contributed by atoms with Crippen LogP contribution in [0.3, 0.4) is 0 Å². The van der Waals surface area contributed by atoms with E-state index >= 15 is 0 Å². The van der Waals surface area contributed by atoms with E-state index in [0.717, 1.165) is 90.8 Å². The van der Waals surface area contributed by atoms with Crippen molar-refractivity contribution in [1.82, 2.24) is 24.1 Å². The van der Waals surface area contributed by atoms with Gasteiger partial charge in [-0.2, -0.15) is 0 Å². The van der Waals surface area contributed by atoms with E-state index < -0.39 is 0 Å². The molecular formula is C69H47N5. The Morgan fingerprint density at radius 2 is 0.797 bits per heavy atom. The van der Waals surface area contributed by atoms with Gasteiger partial charge in [-0.05, 0) is 88.7 Å². The number of rotatable bonds is 9. The normalized spacial score (nSPS) is 12.5. The van der Waals surface area contributed by atoms with Crippen LogP contribution in [0.5, 0.6) is 0 Å². The lowest BCUT2D eigenvalue weighted by Crippen LogP contribution is -2.04. The van der Waals surface area contributed by atoms with Crippen LogP contribution >= 0.6 is 0 Å². The van der Waals surface area contributed by atoms with Crippen molar-refractivity contribution in [2.75, 3.05) is 0 Å². The van der Waals surface area contributed by atoms with Crippen molar-refractivity contribution in [3.63, 3.8) is 0 Å². The van der Waals surface area contributed by atoms with E-state index in [-0.39, 0.29) is 0 Å². The molecule has 0 N–H and O–H groups in total. The molecule has 3 aromatic heterocycles. The highest BCUT2D eigenvalue weighted by Crippen LogP contribution is 2.47. The molecule has 0 saturated carbocycles. The summed E-state index contributed by atoms with van der Waals surface area (Å²) in [7, 11) is 0. The lowest BCUT2D eigenvalue weighted by Gasteiger charge is -2.22. The molecular weight excluding hydrogens is 899 g/mol. The van der Waals surface area contributed by atoms with Crippen molar-refractivity contribution >= 4 is 49.2 Å². The second kappa shape index (κ2) is 18.2. The topological polar surface area (TPSA) is 48.5 Å². The molecule has 0 atom stereocenters. The van der Waals surface area contributed by atoms with Gasteiger partial charge in [0.2, 0.25) is 0 Å². The van der Waals surface area contributed by atoms with Crippen molar-refractivity contribution in [2.24, 2.45) is 0 Å². The van der Waals surface area contributed by atoms with Gasteiger partial charge in [-0.3, -0.25) is 0 Å². The standard InChI is InChI=1S/C69H47N5/c1-6-20-46(21-7-1)48-34-38-50(39-35-48)59-44-54(69-71-67(52-24-10-3-11-25-52)70-68(72-69)53-26-12-4-13-27-53)45-60(51-40-36-49(37-41-51)47-22-8-2-9-23-47)65(59)74-61-32-18-16-30-56(61)57-42-43-63-64(66(57)74)58-31-17-19-33-62(58)73(63)55-28-14-5-15-29-55/h1,3-8,10-45H,2,9H2. The van der Waals surface area contributed by atoms with Crippen LogP contribution in [0, 0.1) is 0 Å². The molecule has 13 aromatic rings. The molecule has 0 saturated heterocycles. The number of nitrogens with zero attached hydrogens (tertiary/aromatic N) is 5. The molecule has 5 heteroatoms. The first-order chi connectivity index (χ1) is 36.7. The number of allylic oxidation sites excluding steroid dienone is 4. The molecule has 1 aliphatic carbocycles. The maximum Gasteiger partial charge on any atom is 0.164 e. The fourth-order valence-electron chi connectivity index (χ4n) is 11.1. The van der Waals surface area contributed by atoms with E-state index in [1.807, 2.05) is 36.4 Å². The molecule has 0 aliphatic heterocycles. The highest BCUT2D eigenvalue weighted by molar-refractivity contribution is 6.26. The summed E-state index contributed by atoms with van der Waals surface area (Å²) in [5.74, 6) is 1.83. The molecule has 3 heterocycles. The lowest BCUT2D eigenvalue weighted by molar-refractivity contribution is 1.04. The SMILES string of the molecule is C1=CC(c2ccc(-c3cc(-c4nc(-c5ccccc5)nc(-c5ccccc5)n4)cc(-c4ccc(-c5ccccc5)cc4)c3-n3c4ccccc4c4ccc5c(c6ccccc6n5-c5ccccc5)c43)cc2)=CCC1. The zero-order valence-electron chi connectivity index (χ0n) is 40.5. The molecule has 0 radical (unpaired) electrons. The van der Waals surface area contributed by atoms with Gasteiger partial charge in [-0.1, -0.05) is 218 Å². The molecule has 0 amide bonds. The smallest absolute Gasteiger partial charge is 0.164 e. The van der Waals surface area contributed by atoms with Crippen molar-refractivity contribution in [3.05, 3.63) is 266 Å². The van der Waals surface area contributed by atoms with Gasteiger partial charge in [0.1, 0.15) is 0 Å². The summed E-state index contributed by atoms with van der Waals surface area (Å²) in [6.07, 6.45) is 8.99. The summed E-state index contributed by atoms with van der Waals surface area (Å²) in [4.78, 5) is 15.8. The highest BCUT2D eigenvalue weighted by atomic mass is 15.0. The summed E-state index contributed by atoms with van der Waals surface area (Å²) in [5, 5.41) is 4.76. The second-order valence-electron chi connectivity index (χ2n) is 19.0. The summed E-state index contributed by atoms with van der Waals surface area (Å²) >= 11 is 0. The fourth-order valence-corrected chi connectivity index (χ4v) is 11.1. The number of benzene rings is 10. The number of hydrogen-bond acceptors (Lipinski definition) is 3. The zero-order chi connectivity index (χ0) is 49.0. The Morgan fingerprint density at radius 3 is 1.38 bits per heavy atom. The van der Waals surface area contributed by atoms with Crippen LogP contribution in [0.4, 0.5) is 0 Å². The largest absolute Gasteiger partial charge is 0.309 e. The molecule has 1 aliphatic rings. The maximum absolute atomic E-state index is 5.35. The van der Waals surface area contributed by atoms with E-state index in [0.29, 0.717) is 17.5 Å². The van der Waals surface area contributed by atoms with Crippen LogP contribution in [0.15, 0.2) is 261 Å². The maximum atomic E-state index is 5.35. The Hall–Kier alpha value is -9.71. The molecule has 0 spiro atoms. The Balaban J connectivity index is 1.13. The summed E-state index contributed by atoms with van der Waals surface area (Å²) in [6, 6.07) is 87.1. The Morgan fingerprint density at radius 1 is 0.324 bits per heavy atom. The number of hydrogen-bond donors (Lipinski definition) is 0. The molecule has 10 aromatic carbocycles. The van der Waals surface area contributed by atoms with Crippen molar-refractivity contribution in [2.45, 2.75) is 12.8 Å². The average molecular weight is 946 g/mol. The lowest BCUT2D eigenvalue weighted by atomic mass is 9.90. The van der Waals surface area contributed by atoms with Crippen LogP contribution in [0.1, 0.15) is 18.4 Å². The number of para-hydroxylation sites is 3. The van der Waals surface area contributed by atoms with Gasteiger partial charge >= 0.3 is 0 Å². The van der Waals surface area contributed by atoms with Crippen LogP contribution in [0.2, 0.25) is 0 Å². The first-order valence-electron chi connectivity index (χ1n) is 25.4. The van der Waals surface area contributed by atoms with E-state index in [1.165, 1.54) is 38.2 Å². The summed E-state index contributed by atoms with van der Waals surface area (Å²) in [5.41, 5.74) is 18.5. The van der Waals surface area contributed by atoms with Gasteiger partial charge in [-0.15, -0.1) is 0 Å². The van der Waals surface area contributed by atoms with Gasteiger partial charge in [0.05, 0.1) is 27.8 Å². The van der Waals surface area contributed by atoms with Gasteiger partial charge < -0.3 is 9.13 Å². The molecule has 14 rings (SSSR count). The monoisotopic (exact) mass is 945 g/mol. The predicted molar refractivity (Wildman–Crippen MR) is 307 cm³/mol. The fraction of sp³-hybridized carbons (Fsp3) is 0.0290. The van der Waals surface area contributed by atoms with E-state index in [1.54, 1.807) is 0 Å². The van der Waals surface area contributed by atoms with Crippen LogP contribution in [0.25, 0.3) is 128 Å². The molecule has 74 heavy (non-hydrogen) atoms. The van der Waals surface area contributed by atoms with E-state index in [9.17, 15) is 0 Å². The predicted octanol–water partition coefficient (Wildman–Crippen LogP) is 17.8. The third-order valence-electron chi connectivity index (χ3n) is 14.6. The quantitative estimate of drug-likeness (QED) is 0.145. The molecule has 5 nitrogen and oxygen atoms in total. The molecule has 0 fully saturated rings.